The number of hydrogen-bond acceptors (Lipinski definition) is 1. The SMILES string of the molecule is N#Cc1c[c-]ccc1F.[Zn+][Br]. The van der Waals surface area contributed by atoms with E-state index < -0.39 is 5.82 Å². The monoisotopic (exact) mass is 263 g/mol. The van der Waals surface area contributed by atoms with Crippen LogP contribution in [0.4, 0.5) is 4.39 Å². The molecular formula is C7H3BrFNZn. The quantitative estimate of drug-likeness (QED) is 0.522. The third-order valence-electron chi connectivity index (χ3n) is 0.931. The number of benzene rings is 1. The van der Waals surface area contributed by atoms with E-state index in [-0.39, 0.29) is 5.56 Å². The van der Waals surface area contributed by atoms with Gasteiger partial charge in [-0.1, -0.05) is 0 Å². The summed E-state index contributed by atoms with van der Waals surface area (Å²) in [4.78, 5) is 0. The third kappa shape index (κ3) is 3.60. The van der Waals surface area contributed by atoms with Crippen LogP contribution in [0.25, 0.3) is 0 Å². The zero-order valence-electron chi connectivity index (χ0n) is 5.64. The average Bonchev–Trinajstić information content (AvgIpc) is 2.09. The molecule has 4 heteroatoms. The van der Waals surface area contributed by atoms with Gasteiger partial charge in [0.2, 0.25) is 0 Å². The van der Waals surface area contributed by atoms with Gasteiger partial charge in [-0.2, -0.15) is 18.2 Å². The summed E-state index contributed by atoms with van der Waals surface area (Å²) in [5.41, 5.74) is 0.0394. The van der Waals surface area contributed by atoms with Crippen molar-refractivity contribution < 1.29 is 20.7 Å². The van der Waals surface area contributed by atoms with Gasteiger partial charge in [0.05, 0.1) is 0 Å². The fourth-order valence-corrected chi connectivity index (χ4v) is 0.497. The average molecular weight is 265 g/mol. The molecule has 0 fully saturated rings. The molecule has 0 saturated carbocycles. The first-order valence-corrected chi connectivity index (χ1v) is 9.62. The topological polar surface area (TPSA) is 23.8 Å². The molecule has 0 bridgehead atoms. The van der Waals surface area contributed by atoms with Crippen molar-refractivity contribution in [1.29, 1.82) is 5.26 Å². The fraction of sp³-hybridized carbons (Fsp3) is 0. The predicted molar refractivity (Wildman–Crippen MR) is 38.9 cm³/mol. The summed E-state index contributed by atoms with van der Waals surface area (Å²) < 4.78 is 12.3. The Bertz CT molecular complexity index is 259. The van der Waals surface area contributed by atoms with E-state index in [1.807, 2.05) is 0 Å². The number of nitriles is 1. The fourth-order valence-electron chi connectivity index (χ4n) is 0.497. The van der Waals surface area contributed by atoms with Crippen LogP contribution in [0.2, 0.25) is 0 Å². The van der Waals surface area contributed by atoms with E-state index in [4.69, 9.17) is 5.26 Å². The maximum atomic E-state index is 12.3. The van der Waals surface area contributed by atoms with E-state index in [1.54, 1.807) is 6.07 Å². The molecule has 0 atom stereocenters. The van der Waals surface area contributed by atoms with Crippen molar-refractivity contribution in [3.05, 3.63) is 35.6 Å². The molecule has 0 aliphatic carbocycles. The first-order valence-electron chi connectivity index (χ1n) is 2.67. The van der Waals surface area contributed by atoms with Gasteiger partial charge in [-0.25, -0.2) is 9.65 Å². The first kappa shape index (κ1) is 10.7. The Morgan fingerprint density at radius 3 is 2.64 bits per heavy atom. The third-order valence-corrected chi connectivity index (χ3v) is 0.931. The molecule has 0 N–H and O–H groups in total. The van der Waals surface area contributed by atoms with E-state index in [0.717, 1.165) is 0 Å². The standard InChI is InChI=1S/C7H3FN.BrH.Zn/c8-7-4-2-1-3-6(7)5-9;;/h2-4H;1H;/q-1;;+2/p-1. The number of halogens is 2. The van der Waals surface area contributed by atoms with Crippen LogP contribution in [0.5, 0.6) is 0 Å². The summed E-state index contributed by atoms with van der Waals surface area (Å²) in [6.45, 7) is 0. The van der Waals surface area contributed by atoms with E-state index in [1.165, 1.54) is 34.5 Å². The second-order valence-corrected chi connectivity index (χ2v) is 1.52. The molecule has 0 radical (unpaired) electrons. The molecule has 0 aliphatic rings. The number of nitrogens with zero attached hydrogens (tertiary/aromatic N) is 1. The van der Waals surface area contributed by atoms with E-state index in [0.29, 0.717) is 0 Å². The summed E-state index contributed by atoms with van der Waals surface area (Å²) in [6, 6.07) is 8.23. The summed E-state index contributed by atoms with van der Waals surface area (Å²) >= 11 is 4.25. The molecule has 52 valence electrons. The molecule has 0 unspecified atom stereocenters. The Labute approximate surface area is 81.3 Å². The molecule has 1 rings (SSSR count). The molecule has 0 amide bonds. The van der Waals surface area contributed by atoms with Crippen LogP contribution in [0.3, 0.4) is 0 Å². The van der Waals surface area contributed by atoms with Crippen molar-refractivity contribution in [2.45, 2.75) is 0 Å². The molecule has 0 saturated heterocycles. The van der Waals surface area contributed by atoms with Crippen LogP contribution in [0, 0.1) is 23.2 Å². The Morgan fingerprint density at radius 1 is 1.64 bits per heavy atom. The Morgan fingerprint density at radius 2 is 2.27 bits per heavy atom. The van der Waals surface area contributed by atoms with Gasteiger partial charge in [0.25, 0.3) is 0 Å². The second-order valence-electron chi connectivity index (χ2n) is 1.52. The van der Waals surface area contributed by atoms with E-state index in [9.17, 15) is 4.39 Å². The van der Waals surface area contributed by atoms with Gasteiger partial charge < -0.3 is 0 Å². The van der Waals surface area contributed by atoms with Crippen molar-refractivity contribution in [3.8, 4) is 6.07 Å². The molecule has 0 heterocycles. The first-order chi connectivity index (χ1) is 5.34. The summed E-state index contributed by atoms with van der Waals surface area (Å²) in [5.74, 6) is -0.490. The van der Waals surface area contributed by atoms with Crippen LogP contribution < -0.4 is 0 Å². The normalized spacial score (nSPS) is 7.55. The van der Waals surface area contributed by atoms with E-state index in [2.05, 4.69) is 19.7 Å². The van der Waals surface area contributed by atoms with Gasteiger partial charge >= 0.3 is 30.0 Å². The Kier molecular flexibility index (Phi) is 6.30. The summed E-state index contributed by atoms with van der Waals surface area (Å²) in [5, 5.41) is 8.21. The molecule has 1 aromatic carbocycles. The van der Waals surface area contributed by atoms with Gasteiger partial charge in [0.1, 0.15) is 0 Å². The van der Waals surface area contributed by atoms with Crippen LogP contribution >= 0.6 is 13.6 Å². The van der Waals surface area contributed by atoms with Crippen molar-refractivity contribution >= 4 is 13.6 Å². The molecule has 0 aliphatic heterocycles. The Hall–Kier alpha value is -0.257. The van der Waals surface area contributed by atoms with Gasteiger partial charge in [-0.15, -0.1) is 6.07 Å². The second kappa shape index (κ2) is 6.45. The maximum absolute atomic E-state index is 12.3. The van der Waals surface area contributed by atoms with Crippen LogP contribution in [0.1, 0.15) is 5.56 Å². The van der Waals surface area contributed by atoms with Crippen LogP contribution in [-0.4, -0.2) is 0 Å². The number of hydrogen-bond donors (Lipinski definition) is 0. The Balaban J connectivity index is 0.000000461. The minimum atomic E-state index is -0.490. The minimum absolute atomic E-state index is 0.0394. The molecule has 1 nitrogen and oxygen atoms in total. The molecule has 0 aromatic heterocycles. The van der Waals surface area contributed by atoms with Gasteiger partial charge in [-0.3, -0.25) is 0 Å². The van der Waals surface area contributed by atoms with Gasteiger partial charge in [0.15, 0.2) is 0 Å². The molecule has 11 heavy (non-hydrogen) atoms. The van der Waals surface area contributed by atoms with E-state index >= 15 is 0 Å². The van der Waals surface area contributed by atoms with Crippen LogP contribution in [-0.2, 0) is 16.3 Å². The zero-order valence-corrected chi connectivity index (χ0v) is 10.2. The molecule has 0 spiro atoms. The van der Waals surface area contributed by atoms with Crippen molar-refractivity contribution in [1.82, 2.24) is 0 Å². The van der Waals surface area contributed by atoms with Crippen molar-refractivity contribution in [3.63, 3.8) is 0 Å². The van der Waals surface area contributed by atoms with Gasteiger partial charge in [-0.05, 0) is 5.56 Å². The van der Waals surface area contributed by atoms with Crippen molar-refractivity contribution in [2.75, 3.05) is 0 Å². The molecular weight excluding hydrogens is 262 g/mol. The van der Waals surface area contributed by atoms with Crippen molar-refractivity contribution in [2.24, 2.45) is 0 Å². The molecule has 1 aromatic rings. The summed E-state index contributed by atoms with van der Waals surface area (Å²) in [6.07, 6.45) is 0. The van der Waals surface area contributed by atoms with Crippen LogP contribution in [0.15, 0.2) is 18.2 Å². The zero-order chi connectivity index (χ0) is 8.69. The predicted octanol–water partition coefficient (Wildman–Crippen LogP) is 2.34. The van der Waals surface area contributed by atoms with Gasteiger partial charge in [0, 0.05) is 11.9 Å². The number of rotatable bonds is 0. The summed E-state index contributed by atoms with van der Waals surface area (Å²) in [7, 11) is 0.